The Balaban J connectivity index is 1.80. The Morgan fingerprint density at radius 1 is 1.12 bits per heavy atom. The summed E-state index contributed by atoms with van der Waals surface area (Å²) in [5.41, 5.74) is 7.51. The Labute approximate surface area is 153 Å². The van der Waals surface area contributed by atoms with Crippen molar-refractivity contribution < 1.29 is 4.79 Å². The van der Waals surface area contributed by atoms with Crippen molar-refractivity contribution in [2.45, 2.75) is 32.2 Å². The largest absolute Gasteiger partial charge is 0.331 e. The average Bonchev–Trinajstić information content (AvgIpc) is 3.30. The molecule has 2 aromatic heterocycles. The van der Waals surface area contributed by atoms with Gasteiger partial charge in [-0.25, -0.2) is 0 Å². The predicted octanol–water partition coefficient (Wildman–Crippen LogP) is 4.23. The van der Waals surface area contributed by atoms with Gasteiger partial charge in [0.1, 0.15) is 5.69 Å². The van der Waals surface area contributed by atoms with E-state index in [9.17, 15) is 4.79 Å². The van der Waals surface area contributed by atoms with Gasteiger partial charge in [0.25, 0.3) is 5.91 Å². The number of carbonyl (C=O) groups is 1. The van der Waals surface area contributed by atoms with Crippen molar-refractivity contribution in [2.24, 2.45) is 0 Å². The van der Waals surface area contributed by atoms with Crippen LogP contribution in [0.1, 0.15) is 40.2 Å². The quantitative estimate of drug-likeness (QED) is 0.663. The molecule has 4 nitrogen and oxygen atoms in total. The number of hydrogen-bond donors (Lipinski definition) is 0. The Hall–Kier alpha value is -2.88. The highest BCUT2D eigenvalue weighted by atomic mass is 16.2. The van der Waals surface area contributed by atoms with Crippen LogP contribution in [0.15, 0.2) is 48.8 Å². The number of amides is 1. The van der Waals surface area contributed by atoms with Crippen LogP contribution >= 0.6 is 0 Å². The van der Waals surface area contributed by atoms with Crippen LogP contribution in [0, 0.1) is 13.8 Å². The molecule has 3 aromatic rings. The molecule has 26 heavy (non-hydrogen) atoms. The first kappa shape index (κ1) is 15.4. The van der Waals surface area contributed by atoms with E-state index in [1.165, 1.54) is 16.7 Å². The van der Waals surface area contributed by atoms with E-state index in [0.717, 1.165) is 35.5 Å². The van der Waals surface area contributed by atoms with Crippen LogP contribution < -0.4 is 0 Å². The van der Waals surface area contributed by atoms with Gasteiger partial charge in [-0.15, -0.1) is 0 Å². The standard InChI is InChI=1S/C22H21N3O/c1-14-8-11-23-15(2)20(14)16-6-7-17-19(13-16)25-12-4-5-18(25)21(26)24(3)22(17)9-10-22/h4-8,11-13H,9-10H2,1-3H3. The molecule has 4 heteroatoms. The van der Waals surface area contributed by atoms with Gasteiger partial charge in [-0.2, -0.15) is 0 Å². The van der Waals surface area contributed by atoms with E-state index in [1.54, 1.807) is 0 Å². The summed E-state index contributed by atoms with van der Waals surface area (Å²) >= 11 is 0. The lowest BCUT2D eigenvalue weighted by Gasteiger charge is -2.27. The first-order valence-corrected chi connectivity index (χ1v) is 9.06. The predicted molar refractivity (Wildman–Crippen MR) is 101 cm³/mol. The topological polar surface area (TPSA) is 38.1 Å². The zero-order valence-corrected chi connectivity index (χ0v) is 15.3. The third kappa shape index (κ3) is 1.90. The van der Waals surface area contributed by atoms with E-state index >= 15 is 0 Å². The summed E-state index contributed by atoms with van der Waals surface area (Å²) in [7, 11) is 1.94. The van der Waals surface area contributed by atoms with Gasteiger partial charge in [-0.3, -0.25) is 9.78 Å². The van der Waals surface area contributed by atoms with E-state index in [2.05, 4.69) is 43.1 Å². The van der Waals surface area contributed by atoms with Crippen molar-refractivity contribution in [3.63, 3.8) is 0 Å². The minimum Gasteiger partial charge on any atom is -0.331 e. The molecule has 5 rings (SSSR count). The Bertz CT molecular complexity index is 1040. The van der Waals surface area contributed by atoms with E-state index < -0.39 is 0 Å². The number of aromatic nitrogens is 2. The van der Waals surface area contributed by atoms with Crippen molar-refractivity contribution >= 4 is 5.91 Å². The van der Waals surface area contributed by atoms with E-state index in [1.807, 2.05) is 41.0 Å². The van der Waals surface area contributed by atoms with E-state index in [0.29, 0.717) is 0 Å². The first-order chi connectivity index (χ1) is 12.5. The molecule has 1 spiro atoms. The van der Waals surface area contributed by atoms with E-state index in [4.69, 9.17) is 0 Å². The third-order valence-electron chi connectivity index (χ3n) is 6.03. The summed E-state index contributed by atoms with van der Waals surface area (Å²) in [5, 5.41) is 0. The lowest BCUT2D eigenvalue weighted by Crippen LogP contribution is -2.36. The SMILES string of the molecule is Cc1ccnc(C)c1-c1ccc2c(c1)-n1cccc1C(=O)N(C)C21CC1. The number of nitrogens with zero attached hydrogens (tertiary/aromatic N) is 3. The molecular weight excluding hydrogens is 322 g/mol. The monoisotopic (exact) mass is 343 g/mol. The van der Waals surface area contributed by atoms with Crippen molar-refractivity contribution in [1.29, 1.82) is 0 Å². The van der Waals surface area contributed by atoms with Crippen molar-refractivity contribution in [3.8, 4) is 16.8 Å². The fourth-order valence-corrected chi connectivity index (χ4v) is 4.45. The highest BCUT2D eigenvalue weighted by molar-refractivity contribution is 5.95. The summed E-state index contributed by atoms with van der Waals surface area (Å²) in [4.78, 5) is 19.4. The van der Waals surface area contributed by atoms with Gasteiger partial charge < -0.3 is 9.47 Å². The second-order valence-corrected chi connectivity index (χ2v) is 7.48. The van der Waals surface area contributed by atoms with Crippen LogP contribution in [0.25, 0.3) is 16.8 Å². The zero-order chi connectivity index (χ0) is 18.1. The second-order valence-electron chi connectivity index (χ2n) is 7.48. The fourth-order valence-electron chi connectivity index (χ4n) is 4.45. The van der Waals surface area contributed by atoms with Crippen LogP contribution in [0.4, 0.5) is 0 Å². The first-order valence-electron chi connectivity index (χ1n) is 9.06. The summed E-state index contributed by atoms with van der Waals surface area (Å²) in [5.74, 6) is 0.0963. The molecule has 1 aliphatic carbocycles. The third-order valence-corrected chi connectivity index (χ3v) is 6.03. The molecule has 1 fully saturated rings. The van der Waals surface area contributed by atoms with Crippen molar-refractivity contribution in [3.05, 3.63) is 71.3 Å². The van der Waals surface area contributed by atoms with E-state index in [-0.39, 0.29) is 11.4 Å². The molecule has 1 aromatic carbocycles. The van der Waals surface area contributed by atoms with Gasteiger partial charge in [0, 0.05) is 36.3 Å². The van der Waals surface area contributed by atoms with Crippen molar-refractivity contribution in [1.82, 2.24) is 14.5 Å². The smallest absolute Gasteiger partial charge is 0.271 e. The molecule has 3 heterocycles. The van der Waals surface area contributed by atoms with Crippen LogP contribution in [-0.4, -0.2) is 27.4 Å². The molecule has 1 saturated carbocycles. The summed E-state index contributed by atoms with van der Waals surface area (Å²) in [6, 6.07) is 12.5. The minimum absolute atomic E-state index is 0.0963. The molecule has 0 N–H and O–H groups in total. The number of benzene rings is 1. The van der Waals surface area contributed by atoms with Crippen LogP contribution in [0.3, 0.4) is 0 Å². The summed E-state index contributed by atoms with van der Waals surface area (Å²) in [6.07, 6.45) is 5.90. The number of hydrogen-bond acceptors (Lipinski definition) is 2. The molecule has 0 atom stereocenters. The summed E-state index contributed by atoms with van der Waals surface area (Å²) < 4.78 is 2.05. The number of carbonyl (C=O) groups excluding carboxylic acids is 1. The Morgan fingerprint density at radius 2 is 1.92 bits per heavy atom. The number of fused-ring (bicyclic) bond motifs is 4. The second kappa shape index (κ2) is 5.07. The molecule has 0 bridgehead atoms. The highest BCUT2D eigenvalue weighted by Gasteiger charge is 2.53. The molecule has 1 aliphatic heterocycles. The Morgan fingerprint density at radius 3 is 2.65 bits per heavy atom. The summed E-state index contributed by atoms with van der Waals surface area (Å²) in [6.45, 7) is 4.17. The molecular formula is C22H21N3O. The highest BCUT2D eigenvalue weighted by Crippen LogP contribution is 2.54. The molecule has 0 unspecified atom stereocenters. The number of rotatable bonds is 1. The fraction of sp³-hybridized carbons (Fsp3) is 0.273. The van der Waals surface area contributed by atoms with Crippen LogP contribution in [0.5, 0.6) is 0 Å². The minimum atomic E-state index is -0.150. The maximum absolute atomic E-state index is 13.0. The van der Waals surface area contributed by atoms with Crippen LogP contribution in [0.2, 0.25) is 0 Å². The van der Waals surface area contributed by atoms with Crippen LogP contribution in [-0.2, 0) is 5.54 Å². The number of pyridine rings is 1. The lowest BCUT2D eigenvalue weighted by molar-refractivity contribution is 0.0705. The average molecular weight is 343 g/mol. The van der Waals surface area contributed by atoms with Gasteiger partial charge in [-0.05, 0) is 62.1 Å². The van der Waals surface area contributed by atoms with Crippen molar-refractivity contribution in [2.75, 3.05) is 7.05 Å². The number of aryl methyl sites for hydroxylation is 2. The Kier molecular flexibility index (Phi) is 3.00. The van der Waals surface area contributed by atoms with Gasteiger partial charge in [0.15, 0.2) is 0 Å². The van der Waals surface area contributed by atoms with Gasteiger partial charge in [-0.1, -0.05) is 12.1 Å². The van der Waals surface area contributed by atoms with Gasteiger partial charge >= 0.3 is 0 Å². The van der Waals surface area contributed by atoms with Gasteiger partial charge in [0.05, 0.1) is 11.2 Å². The molecule has 0 radical (unpaired) electrons. The molecule has 0 saturated heterocycles. The zero-order valence-electron chi connectivity index (χ0n) is 15.3. The molecule has 2 aliphatic rings. The lowest BCUT2D eigenvalue weighted by atomic mass is 9.94. The van der Waals surface area contributed by atoms with Gasteiger partial charge in [0.2, 0.25) is 0 Å². The molecule has 130 valence electrons. The normalized spacial score (nSPS) is 17.0. The maximum Gasteiger partial charge on any atom is 0.271 e. The molecule has 1 amide bonds. The maximum atomic E-state index is 13.0.